The van der Waals surface area contributed by atoms with Gasteiger partial charge in [-0.15, -0.1) is 18.3 Å². The summed E-state index contributed by atoms with van der Waals surface area (Å²) < 4.78 is 48.1. The second-order valence-corrected chi connectivity index (χ2v) is 11.9. The average Bonchev–Trinajstić information content (AvgIpc) is 3.67. The predicted octanol–water partition coefficient (Wildman–Crippen LogP) is 7.35. The maximum atomic E-state index is 13.1. The molecule has 5 rings (SSSR count). The molecule has 10 nitrogen and oxygen atoms in total. The van der Waals surface area contributed by atoms with Gasteiger partial charge in [0.2, 0.25) is 0 Å². The smallest absolute Gasteiger partial charge is 0.497 e. The number of amidine groups is 1. The maximum Gasteiger partial charge on any atom is 0.573 e. The largest absolute Gasteiger partial charge is 0.573 e. The van der Waals surface area contributed by atoms with Gasteiger partial charge in [-0.25, -0.2) is 14.5 Å². The molecule has 1 aliphatic heterocycles. The molecule has 0 bridgehead atoms. The van der Waals surface area contributed by atoms with Crippen LogP contribution in [0.25, 0.3) is 22.6 Å². The fraction of sp³-hybridized carbons (Fsp3) is 0.273. The number of ether oxygens (including phenoxy) is 2. The summed E-state index contributed by atoms with van der Waals surface area (Å²) in [5.41, 5.74) is 5.24. The molecule has 0 saturated carbocycles. The number of urea groups is 1. The Bertz CT molecular complexity index is 1800. The summed E-state index contributed by atoms with van der Waals surface area (Å²) in [6, 6.07) is 17.8. The molecule has 0 spiro atoms. The molecule has 3 aromatic carbocycles. The molecule has 2 N–H and O–H groups in total. The zero-order valence-corrected chi connectivity index (χ0v) is 27.1. The molecule has 246 valence electrons. The number of nitrogens with zero attached hydrogens (tertiary/aromatic N) is 5. The van der Waals surface area contributed by atoms with Crippen LogP contribution in [0.3, 0.4) is 0 Å². The third-order valence-electron chi connectivity index (χ3n) is 7.44. The third kappa shape index (κ3) is 7.95. The number of aliphatic imine (C=N–C) groups is 1. The van der Waals surface area contributed by atoms with E-state index in [2.05, 4.69) is 39.0 Å². The normalized spacial score (nSPS) is 16.4. The van der Waals surface area contributed by atoms with E-state index in [0.717, 1.165) is 28.0 Å². The lowest BCUT2D eigenvalue weighted by atomic mass is 10.00. The van der Waals surface area contributed by atoms with Crippen LogP contribution in [0.4, 0.5) is 23.7 Å². The van der Waals surface area contributed by atoms with Crippen molar-refractivity contribution in [3.05, 3.63) is 89.9 Å². The van der Waals surface area contributed by atoms with E-state index in [1.165, 1.54) is 47.0 Å². The van der Waals surface area contributed by atoms with Crippen molar-refractivity contribution in [3.63, 3.8) is 0 Å². The van der Waals surface area contributed by atoms with Crippen molar-refractivity contribution in [2.24, 2.45) is 4.99 Å². The lowest BCUT2D eigenvalue weighted by Crippen LogP contribution is -2.35. The van der Waals surface area contributed by atoms with Gasteiger partial charge in [0.05, 0.1) is 18.5 Å². The van der Waals surface area contributed by atoms with Gasteiger partial charge in [-0.2, -0.15) is 4.99 Å². The number of carbonyl (C=O) groups excluding carboxylic acids is 1. The van der Waals surface area contributed by atoms with Gasteiger partial charge < -0.3 is 19.9 Å². The number of halogens is 3. The van der Waals surface area contributed by atoms with E-state index in [9.17, 15) is 23.1 Å². The van der Waals surface area contributed by atoms with Gasteiger partial charge in [0.25, 0.3) is 0 Å². The van der Waals surface area contributed by atoms with Gasteiger partial charge in [-0.3, -0.25) is 4.90 Å². The molecule has 4 aromatic rings. The number of allylic oxidation sites excluding steroid dienone is 2. The van der Waals surface area contributed by atoms with E-state index in [1.807, 2.05) is 49.4 Å². The molecular formula is C33H33F3N6O4S. The molecule has 1 fully saturated rings. The minimum Gasteiger partial charge on any atom is -0.497 e. The molecule has 0 radical (unpaired) electrons. The molecule has 1 unspecified atom stereocenters. The number of carbonyl (C=O) groups is 1. The monoisotopic (exact) mass is 666 g/mol. The molecule has 1 aliphatic rings. The predicted molar refractivity (Wildman–Crippen MR) is 176 cm³/mol. The first-order chi connectivity index (χ1) is 22.3. The highest BCUT2D eigenvalue weighted by atomic mass is 32.2. The van der Waals surface area contributed by atoms with E-state index in [-0.39, 0.29) is 11.7 Å². The van der Waals surface area contributed by atoms with Gasteiger partial charge >= 0.3 is 12.4 Å². The minimum absolute atomic E-state index is 0.164. The number of benzene rings is 3. The number of thioether (sulfide) groups is 1. The minimum atomic E-state index is -4.77. The molecule has 14 heteroatoms. The first-order valence-electron chi connectivity index (χ1n) is 14.6. The quantitative estimate of drug-likeness (QED) is 0.201. The van der Waals surface area contributed by atoms with Gasteiger partial charge in [0.15, 0.2) is 11.0 Å². The topological polar surface area (TPSA) is 114 Å². The van der Waals surface area contributed by atoms with Crippen LogP contribution in [0.1, 0.15) is 44.7 Å². The van der Waals surface area contributed by atoms with E-state index >= 15 is 0 Å². The summed E-state index contributed by atoms with van der Waals surface area (Å²) >= 11 is 1.30. The van der Waals surface area contributed by atoms with Crippen molar-refractivity contribution in [2.75, 3.05) is 17.8 Å². The number of hydrogen-bond donors (Lipinski definition) is 2. The Morgan fingerprint density at radius 1 is 1.06 bits per heavy atom. The molecule has 2 amide bonds. The Labute approximate surface area is 273 Å². The van der Waals surface area contributed by atoms with Crippen LogP contribution in [0.5, 0.6) is 11.5 Å². The van der Waals surface area contributed by atoms with Gasteiger partial charge in [-0.05, 0) is 66.8 Å². The summed E-state index contributed by atoms with van der Waals surface area (Å²) in [7, 11) is 1.58. The summed E-state index contributed by atoms with van der Waals surface area (Å²) in [4.78, 5) is 23.3. The van der Waals surface area contributed by atoms with Crippen LogP contribution in [0.2, 0.25) is 0 Å². The van der Waals surface area contributed by atoms with Crippen LogP contribution >= 0.6 is 11.8 Å². The highest BCUT2D eigenvalue weighted by molar-refractivity contribution is 8.14. The van der Waals surface area contributed by atoms with E-state index in [1.54, 1.807) is 18.9 Å². The first-order valence-corrected chi connectivity index (χ1v) is 15.6. The fourth-order valence-electron chi connectivity index (χ4n) is 4.89. The number of aromatic nitrogens is 3. The summed E-state index contributed by atoms with van der Waals surface area (Å²) in [6.07, 6.45) is -4.15. The van der Waals surface area contributed by atoms with Crippen LogP contribution in [-0.4, -0.2) is 56.5 Å². The van der Waals surface area contributed by atoms with Gasteiger partial charge in [0, 0.05) is 23.1 Å². The summed E-state index contributed by atoms with van der Waals surface area (Å²) in [6.45, 7) is 7.77. The average molecular weight is 667 g/mol. The maximum absolute atomic E-state index is 13.1. The number of hydrogen-bond acceptors (Lipinski definition) is 7. The number of rotatable bonds is 8. The zero-order valence-electron chi connectivity index (χ0n) is 26.2. The lowest BCUT2D eigenvalue weighted by Gasteiger charge is -2.26. The second-order valence-electron chi connectivity index (χ2n) is 10.9. The molecule has 47 heavy (non-hydrogen) atoms. The molecular weight excluding hydrogens is 633 g/mol. The van der Waals surface area contributed by atoms with E-state index < -0.39 is 18.6 Å². The lowest BCUT2D eigenvalue weighted by molar-refractivity contribution is -0.274. The Balaban J connectivity index is 1.28. The molecule has 2 heterocycles. The van der Waals surface area contributed by atoms with Crippen LogP contribution in [-0.2, 0) is 0 Å². The molecule has 0 aliphatic carbocycles. The molecule has 1 aromatic heterocycles. The Morgan fingerprint density at radius 3 is 2.38 bits per heavy atom. The van der Waals surface area contributed by atoms with Crippen LogP contribution < -0.4 is 19.7 Å². The highest BCUT2D eigenvalue weighted by Gasteiger charge is 2.33. The van der Waals surface area contributed by atoms with Crippen molar-refractivity contribution in [2.45, 2.75) is 46.2 Å². The van der Waals surface area contributed by atoms with Crippen LogP contribution in [0.15, 0.2) is 83.7 Å². The number of alkyl halides is 3. The van der Waals surface area contributed by atoms with Gasteiger partial charge in [0.1, 0.15) is 24.1 Å². The number of amides is 2. The van der Waals surface area contributed by atoms with Gasteiger partial charge in [-0.1, -0.05) is 55.9 Å². The molecule has 1 saturated heterocycles. The number of methoxy groups -OCH3 is 1. The zero-order chi connectivity index (χ0) is 33.9. The van der Waals surface area contributed by atoms with Crippen molar-refractivity contribution in [1.29, 1.82) is 0 Å². The molecule has 1 atom stereocenters. The summed E-state index contributed by atoms with van der Waals surface area (Å²) in [5, 5.41) is 18.5. The highest BCUT2D eigenvalue weighted by Crippen LogP contribution is 2.37. The van der Waals surface area contributed by atoms with Crippen molar-refractivity contribution < 1.29 is 32.5 Å². The standard InChI is InChI=1S/C33H33F3N6O4S/c1-19(2)27-15-14-26(45-5)16-28(27)42-29(43)17-47-32(42)39-31(44)38-21(4)20(3)22-6-8-23(9-7-22)30-37-18-41(40-30)24-10-12-25(13-11-24)46-33(34,35)36/h6-16,18-19,29,43H,17H2,1-5H3,(H,38,44)/b21-20+,39-32?. The van der Waals surface area contributed by atoms with Crippen LogP contribution in [0, 0.1) is 0 Å². The Kier molecular flexibility index (Phi) is 9.91. The van der Waals surface area contributed by atoms with Crippen molar-refractivity contribution >= 4 is 34.2 Å². The number of nitrogens with one attached hydrogen (secondary N) is 1. The first kappa shape index (κ1) is 33.5. The Morgan fingerprint density at radius 2 is 1.74 bits per heavy atom. The second kappa shape index (κ2) is 13.9. The summed E-state index contributed by atoms with van der Waals surface area (Å²) in [5.74, 6) is 1.25. The van der Waals surface area contributed by atoms with Crippen molar-refractivity contribution in [3.8, 4) is 28.6 Å². The fourth-order valence-corrected chi connectivity index (χ4v) is 5.85. The number of anilines is 1. The van der Waals surface area contributed by atoms with Crippen molar-refractivity contribution in [1.82, 2.24) is 20.1 Å². The van der Waals surface area contributed by atoms with E-state index in [4.69, 9.17) is 4.74 Å². The SMILES string of the molecule is COc1ccc(C(C)C)c(N2C(=NC(=O)N/C(C)=C(\C)c3ccc(-c4ncn(-c5ccc(OC(F)(F)F)cc5)n4)cc3)SCC2O)c1. The Hall–Kier alpha value is -4.82. The number of aliphatic hydroxyl groups excluding tert-OH is 1. The number of aliphatic hydroxyl groups is 1. The third-order valence-corrected chi connectivity index (χ3v) is 8.45. The van der Waals surface area contributed by atoms with E-state index in [0.29, 0.717) is 33.9 Å².